The van der Waals surface area contributed by atoms with Crippen molar-refractivity contribution in [3.63, 3.8) is 0 Å². The first-order chi connectivity index (χ1) is 16.4. The van der Waals surface area contributed by atoms with Crippen LogP contribution in [0.2, 0.25) is 0 Å². The predicted octanol–water partition coefficient (Wildman–Crippen LogP) is 5.15. The van der Waals surface area contributed by atoms with Crippen molar-refractivity contribution in [1.82, 2.24) is 9.97 Å². The van der Waals surface area contributed by atoms with E-state index in [0.29, 0.717) is 12.1 Å². The van der Waals surface area contributed by atoms with Gasteiger partial charge in [0.15, 0.2) is 5.82 Å². The van der Waals surface area contributed by atoms with Crippen molar-refractivity contribution in [2.75, 3.05) is 24.3 Å². The lowest BCUT2D eigenvalue weighted by Crippen LogP contribution is -2.15. The van der Waals surface area contributed by atoms with Gasteiger partial charge in [0.2, 0.25) is 11.8 Å². The Kier molecular flexibility index (Phi) is 11.6. The number of aromatic nitrogens is 2. The van der Waals surface area contributed by atoms with Crippen molar-refractivity contribution >= 4 is 27.4 Å². The summed E-state index contributed by atoms with van der Waals surface area (Å²) in [6, 6.07) is 7.29. The molecule has 0 atom stereocenters. The van der Waals surface area contributed by atoms with E-state index < -0.39 is 10.0 Å². The van der Waals surface area contributed by atoms with E-state index >= 15 is 0 Å². The first-order valence-electron chi connectivity index (χ1n) is 11.8. The van der Waals surface area contributed by atoms with Gasteiger partial charge in [0.25, 0.3) is 10.0 Å². The molecule has 10 heteroatoms. The molecule has 34 heavy (non-hydrogen) atoms. The highest BCUT2D eigenvalue weighted by molar-refractivity contribution is 7.92. The lowest BCUT2D eigenvalue weighted by Gasteiger charge is -2.10. The van der Waals surface area contributed by atoms with Gasteiger partial charge in [-0.1, -0.05) is 58.3 Å². The van der Waals surface area contributed by atoms with Crippen LogP contribution in [-0.2, 0) is 14.8 Å². The lowest BCUT2D eigenvalue weighted by atomic mass is 10.1. The number of nitrogens with one attached hydrogen (secondary N) is 2. The van der Waals surface area contributed by atoms with E-state index in [1.807, 2.05) is 0 Å². The average molecular weight is 493 g/mol. The second-order valence-corrected chi connectivity index (χ2v) is 9.72. The Hall–Kier alpha value is -2.88. The molecule has 0 unspecified atom stereocenters. The van der Waals surface area contributed by atoms with Crippen molar-refractivity contribution in [1.29, 1.82) is 0 Å². The molecule has 2 rings (SSSR count). The molecular formula is C24H36N4O5S. The van der Waals surface area contributed by atoms with Crippen molar-refractivity contribution in [3.05, 3.63) is 30.3 Å². The van der Waals surface area contributed by atoms with Crippen LogP contribution < -0.4 is 19.5 Å². The molecule has 1 aromatic heterocycles. The molecule has 0 saturated heterocycles. The molecule has 9 nitrogen and oxygen atoms in total. The third kappa shape index (κ3) is 9.54. The monoisotopic (exact) mass is 492 g/mol. The van der Waals surface area contributed by atoms with Crippen molar-refractivity contribution < 1.29 is 22.7 Å². The lowest BCUT2D eigenvalue weighted by molar-refractivity contribution is -0.116. The third-order valence-electron chi connectivity index (χ3n) is 5.27. The Bertz CT molecular complexity index is 975. The number of sulfonamides is 1. The van der Waals surface area contributed by atoms with Crippen LogP contribution >= 0.6 is 0 Å². The standard InChI is InChI=1S/C24H36N4O5S/c1-4-5-6-7-8-9-10-11-12-13-22(29)25-19-14-16-20(17-15-19)34(30,31)28-21-18-23(32-2)27-24(26-21)33-3/h14-18H,4-13H2,1-3H3,(H,25,29)(H,26,27,28). The fraction of sp³-hybridized carbons (Fsp3) is 0.542. The van der Waals surface area contributed by atoms with Gasteiger partial charge in [0.05, 0.1) is 19.1 Å². The predicted molar refractivity (Wildman–Crippen MR) is 133 cm³/mol. The molecule has 0 bridgehead atoms. The van der Waals surface area contributed by atoms with Crippen LogP contribution in [0.1, 0.15) is 71.1 Å². The summed E-state index contributed by atoms with van der Waals surface area (Å²) in [6.45, 7) is 2.22. The van der Waals surface area contributed by atoms with Crippen molar-refractivity contribution in [3.8, 4) is 11.9 Å². The molecule has 0 aliphatic heterocycles. The molecule has 0 aliphatic carbocycles. The van der Waals surface area contributed by atoms with Crippen molar-refractivity contribution in [2.45, 2.75) is 76.0 Å². The van der Waals surface area contributed by atoms with E-state index in [9.17, 15) is 13.2 Å². The van der Waals surface area contributed by atoms with Gasteiger partial charge >= 0.3 is 6.01 Å². The van der Waals surface area contributed by atoms with Gasteiger partial charge in [0, 0.05) is 18.2 Å². The van der Waals surface area contributed by atoms with E-state index in [1.165, 1.54) is 70.9 Å². The van der Waals surface area contributed by atoms with Gasteiger partial charge in [-0.25, -0.2) is 8.42 Å². The molecule has 0 fully saturated rings. The van der Waals surface area contributed by atoms with Crippen LogP contribution in [0.4, 0.5) is 11.5 Å². The third-order valence-corrected chi connectivity index (χ3v) is 6.64. The Morgan fingerprint density at radius 3 is 2.09 bits per heavy atom. The minimum Gasteiger partial charge on any atom is -0.481 e. The zero-order chi connectivity index (χ0) is 24.8. The molecule has 1 aromatic carbocycles. The number of methoxy groups -OCH3 is 2. The summed E-state index contributed by atoms with van der Waals surface area (Å²) in [5.74, 6) is 0.105. The summed E-state index contributed by atoms with van der Waals surface area (Å²) in [7, 11) is -1.13. The van der Waals surface area contributed by atoms with E-state index in [0.717, 1.165) is 19.3 Å². The van der Waals surface area contributed by atoms with E-state index in [4.69, 9.17) is 9.47 Å². The average Bonchev–Trinajstić information content (AvgIpc) is 2.82. The van der Waals surface area contributed by atoms with Gasteiger partial charge in [-0.2, -0.15) is 9.97 Å². The number of hydrogen-bond donors (Lipinski definition) is 2. The molecule has 1 heterocycles. The Morgan fingerprint density at radius 2 is 1.50 bits per heavy atom. The number of nitrogens with zero attached hydrogens (tertiary/aromatic N) is 2. The fourth-order valence-corrected chi connectivity index (χ4v) is 4.38. The summed E-state index contributed by atoms with van der Waals surface area (Å²) >= 11 is 0. The van der Waals surface area contributed by atoms with Crippen LogP contribution in [0.25, 0.3) is 0 Å². The number of amides is 1. The van der Waals surface area contributed by atoms with Gasteiger partial charge in [0.1, 0.15) is 0 Å². The van der Waals surface area contributed by atoms with Crippen LogP contribution in [0.5, 0.6) is 11.9 Å². The van der Waals surface area contributed by atoms with Gasteiger partial charge in [-0.05, 0) is 30.7 Å². The van der Waals surface area contributed by atoms with Crippen LogP contribution in [0, 0.1) is 0 Å². The van der Waals surface area contributed by atoms with Crippen LogP contribution in [0.15, 0.2) is 35.2 Å². The maximum atomic E-state index is 12.7. The fourth-order valence-electron chi connectivity index (χ4n) is 3.39. The number of carbonyl (C=O) groups is 1. The number of anilines is 2. The second-order valence-electron chi connectivity index (χ2n) is 8.04. The first-order valence-corrected chi connectivity index (χ1v) is 13.3. The van der Waals surface area contributed by atoms with Crippen molar-refractivity contribution in [2.24, 2.45) is 0 Å². The summed E-state index contributed by atoms with van der Waals surface area (Å²) in [4.78, 5) is 20.1. The van der Waals surface area contributed by atoms with Gasteiger partial charge in [-0.15, -0.1) is 0 Å². The molecule has 0 saturated carbocycles. The quantitative estimate of drug-likeness (QED) is 0.311. The molecule has 0 radical (unpaired) electrons. The van der Waals surface area contributed by atoms with Crippen LogP contribution in [-0.4, -0.2) is 38.5 Å². The Labute approximate surface area is 202 Å². The SMILES string of the molecule is CCCCCCCCCCCC(=O)Nc1ccc(S(=O)(=O)Nc2cc(OC)nc(OC)n2)cc1. The summed E-state index contributed by atoms with van der Waals surface area (Å²) in [5, 5.41) is 2.82. The zero-order valence-electron chi connectivity index (χ0n) is 20.3. The Morgan fingerprint density at radius 1 is 0.882 bits per heavy atom. The largest absolute Gasteiger partial charge is 0.481 e. The number of benzene rings is 1. The van der Waals surface area contributed by atoms with Gasteiger partial charge < -0.3 is 14.8 Å². The molecule has 2 aromatic rings. The highest BCUT2D eigenvalue weighted by Crippen LogP contribution is 2.21. The molecule has 0 spiro atoms. The highest BCUT2D eigenvalue weighted by atomic mass is 32.2. The zero-order valence-corrected chi connectivity index (χ0v) is 21.1. The smallest absolute Gasteiger partial charge is 0.321 e. The maximum absolute atomic E-state index is 12.7. The number of unbranched alkanes of at least 4 members (excludes halogenated alkanes) is 8. The highest BCUT2D eigenvalue weighted by Gasteiger charge is 2.17. The number of rotatable bonds is 16. The summed E-state index contributed by atoms with van der Waals surface area (Å²) in [6.07, 6.45) is 11.2. The first kappa shape index (κ1) is 27.4. The normalized spacial score (nSPS) is 11.1. The van der Waals surface area contributed by atoms with Crippen LogP contribution in [0.3, 0.4) is 0 Å². The number of carbonyl (C=O) groups excluding carboxylic acids is 1. The molecular weight excluding hydrogens is 456 g/mol. The Balaban J connectivity index is 1.80. The van der Waals surface area contributed by atoms with E-state index in [-0.39, 0.29) is 28.5 Å². The minimum absolute atomic E-state index is 0.0158. The van der Waals surface area contributed by atoms with E-state index in [1.54, 1.807) is 12.1 Å². The molecule has 188 valence electrons. The van der Waals surface area contributed by atoms with Gasteiger partial charge in [-0.3, -0.25) is 9.52 Å². The van der Waals surface area contributed by atoms with E-state index in [2.05, 4.69) is 26.9 Å². The number of hydrogen-bond acceptors (Lipinski definition) is 7. The topological polar surface area (TPSA) is 120 Å². The number of ether oxygens (including phenoxy) is 2. The maximum Gasteiger partial charge on any atom is 0.321 e. The minimum atomic E-state index is -3.90. The second kappa shape index (κ2) is 14.4. The molecule has 0 aliphatic rings. The summed E-state index contributed by atoms with van der Waals surface area (Å²) < 4.78 is 37.8. The summed E-state index contributed by atoms with van der Waals surface area (Å²) in [5.41, 5.74) is 0.547. The molecule has 2 N–H and O–H groups in total. The molecule has 1 amide bonds.